The molecule has 4 aromatic rings. The Hall–Kier alpha value is -3.92. The normalized spacial score (nSPS) is 15.9. The summed E-state index contributed by atoms with van der Waals surface area (Å²) in [6, 6.07) is 25.1. The van der Waals surface area contributed by atoms with Gasteiger partial charge in [0.15, 0.2) is 0 Å². The average molecular weight is 392 g/mol. The Bertz CT molecular complexity index is 1280. The van der Waals surface area contributed by atoms with E-state index in [0.29, 0.717) is 11.3 Å². The topological polar surface area (TPSA) is 42.4 Å². The number of amides is 1. The summed E-state index contributed by atoms with van der Waals surface area (Å²) < 4.78 is 5.54. The van der Waals surface area contributed by atoms with Crippen molar-refractivity contribution in [1.29, 1.82) is 0 Å². The quantitative estimate of drug-likeness (QED) is 0.452. The van der Waals surface area contributed by atoms with Gasteiger partial charge in [-0.25, -0.2) is 0 Å². The highest BCUT2D eigenvalue weighted by Crippen LogP contribution is 2.46. The highest BCUT2D eigenvalue weighted by atomic mass is 16.5. The minimum atomic E-state index is -0.342. The summed E-state index contributed by atoms with van der Waals surface area (Å²) in [7, 11) is 1.58. The Labute approximate surface area is 175 Å². The minimum Gasteiger partial charge on any atom is -0.496 e. The monoisotopic (exact) mass is 392 g/mol. The maximum atomic E-state index is 13.9. The third-order valence-corrected chi connectivity index (χ3v) is 5.60. The van der Waals surface area contributed by atoms with Gasteiger partial charge in [-0.2, -0.15) is 0 Å². The second kappa shape index (κ2) is 7.16. The lowest BCUT2D eigenvalue weighted by Crippen LogP contribution is -2.40. The molecule has 5 rings (SSSR count). The standard InChI is InChI=1S/C26H20N2O2/c1-17-20-13-7-15-22(30-2)23(20)26(29)28(25(17)19-9-4-3-5-10-19)21-14-6-11-18-12-8-16-27-24(18)21/h3-16,25H,1H2,2H3. The zero-order valence-corrected chi connectivity index (χ0v) is 16.6. The number of hydrogen-bond donors (Lipinski definition) is 0. The zero-order valence-electron chi connectivity index (χ0n) is 16.6. The Morgan fingerprint density at radius 1 is 0.933 bits per heavy atom. The second-order valence-electron chi connectivity index (χ2n) is 7.25. The highest BCUT2D eigenvalue weighted by Gasteiger charge is 2.39. The van der Waals surface area contributed by atoms with Crippen molar-refractivity contribution in [2.45, 2.75) is 6.04 Å². The molecule has 1 unspecified atom stereocenters. The Morgan fingerprint density at radius 3 is 2.50 bits per heavy atom. The van der Waals surface area contributed by atoms with Crippen molar-refractivity contribution in [3.8, 4) is 5.75 Å². The lowest BCUT2D eigenvalue weighted by molar-refractivity contribution is 0.0975. The van der Waals surface area contributed by atoms with E-state index in [1.165, 1.54) is 0 Å². The molecule has 0 radical (unpaired) electrons. The molecule has 0 fully saturated rings. The van der Waals surface area contributed by atoms with Crippen LogP contribution < -0.4 is 9.64 Å². The minimum absolute atomic E-state index is 0.123. The van der Waals surface area contributed by atoms with Crippen LogP contribution >= 0.6 is 0 Å². The van der Waals surface area contributed by atoms with Gasteiger partial charge in [-0.15, -0.1) is 0 Å². The van der Waals surface area contributed by atoms with Crippen LogP contribution in [-0.4, -0.2) is 18.0 Å². The first-order valence-electron chi connectivity index (χ1n) is 9.79. The Balaban J connectivity index is 1.82. The third kappa shape index (κ3) is 2.69. The predicted octanol–water partition coefficient (Wildman–Crippen LogP) is 5.66. The SMILES string of the molecule is C=C1c2cccc(OC)c2C(=O)N(c2cccc3cccnc23)C1c1ccccc1. The molecule has 0 aliphatic carbocycles. The number of aromatic nitrogens is 1. The number of nitrogens with zero attached hydrogens (tertiary/aromatic N) is 2. The fraction of sp³-hybridized carbons (Fsp3) is 0.0769. The number of ether oxygens (including phenoxy) is 1. The molecule has 4 heteroatoms. The maximum absolute atomic E-state index is 13.9. The molecular weight excluding hydrogens is 372 g/mol. The van der Waals surface area contributed by atoms with Gasteiger partial charge < -0.3 is 4.74 Å². The van der Waals surface area contributed by atoms with Crippen molar-refractivity contribution in [2.75, 3.05) is 12.0 Å². The van der Waals surface area contributed by atoms with Gasteiger partial charge in [0.1, 0.15) is 5.75 Å². The van der Waals surface area contributed by atoms with Crippen LogP contribution in [0.1, 0.15) is 27.5 Å². The van der Waals surface area contributed by atoms with E-state index in [1.54, 1.807) is 18.2 Å². The number of carbonyl (C=O) groups is 1. The van der Waals surface area contributed by atoms with Crippen LogP contribution in [0.25, 0.3) is 16.5 Å². The van der Waals surface area contributed by atoms with E-state index < -0.39 is 0 Å². The van der Waals surface area contributed by atoms with Gasteiger partial charge in [-0.3, -0.25) is 14.7 Å². The van der Waals surface area contributed by atoms with Crippen LogP contribution in [-0.2, 0) is 0 Å². The second-order valence-corrected chi connectivity index (χ2v) is 7.25. The molecule has 1 amide bonds. The van der Waals surface area contributed by atoms with Crippen LogP contribution in [0.2, 0.25) is 0 Å². The molecule has 0 N–H and O–H groups in total. The number of para-hydroxylation sites is 1. The van der Waals surface area contributed by atoms with Gasteiger partial charge in [0, 0.05) is 11.6 Å². The van der Waals surface area contributed by atoms with Crippen molar-refractivity contribution in [3.63, 3.8) is 0 Å². The lowest BCUT2D eigenvalue weighted by atomic mass is 9.84. The summed E-state index contributed by atoms with van der Waals surface area (Å²) in [6.45, 7) is 4.41. The molecule has 0 spiro atoms. The first-order chi connectivity index (χ1) is 14.7. The van der Waals surface area contributed by atoms with Crippen molar-refractivity contribution in [1.82, 2.24) is 4.98 Å². The van der Waals surface area contributed by atoms with Gasteiger partial charge in [0.05, 0.1) is 29.9 Å². The fourth-order valence-electron chi connectivity index (χ4n) is 4.25. The molecule has 0 saturated carbocycles. The molecule has 3 aromatic carbocycles. The van der Waals surface area contributed by atoms with E-state index in [1.807, 2.05) is 78.9 Å². The molecule has 0 bridgehead atoms. The number of pyridine rings is 1. The molecule has 1 aliphatic heterocycles. The summed E-state index contributed by atoms with van der Waals surface area (Å²) in [5.74, 6) is 0.421. The summed E-state index contributed by atoms with van der Waals surface area (Å²) in [5.41, 5.74) is 4.73. The lowest BCUT2D eigenvalue weighted by Gasteiger charge is -2.39. The molecule has 0 saturated heterocycles. The number of rotatable bonds is 3. The van der Waals surface area contributed by atoms with E-state index in [4.69, 9.17) is 4.74 Å². The number of carbonyl (C=O) groups excluding carboxylic acids is 1. The van der Waals surface area contributed by atoms with Crippen LogP contribution in [0.3, 0.4) is 0 Å². The van der Waals surface area contributed by atoms with Crippen LogP contribution in [0, 0.1) is 0 Å². The first-order valence-corrected chi connectivity index (χ1v) is 9.79. The maximum Gasteiger partial charge on any atom is 0.263 e. The molecule has 30 heavy (non-hydrogen) atoms. The molecule has 1 atom stereocenters. The van der Waals surface area contributed by atoms with Gasteiger partial charge in [0.2, 0.25) is 0 Å². The molecule has 146 valence electrons. The summed E-state index contributed by atoms with van der Waals surface area (Å²) in [6.07, 6.45) is 1.75. The van der Waals surface area contributed by atoms with Gasteiger partial charge in [-0.1, -0.05) is 67.2 Å². The molecule has 1 aromatic heterocycles. The number of anilines is 1. The van der Waals surface area contributed by atoms with Crippen LogP contribution in [0.5, 0.6) is 5.75 Å². The van der Waals surface area contributed by atoms with E-state index in [-0.39, 0.29) is 11.9 Å². The first kappa shape index (κ1) is 18.1. The average Bonchev–Trinajstić information content (AvgIpc) is 2.81. The number of hydrogen-bond acceptors (Lipinski definition) is 3. The van der Waals surface area contributed by atoms with Crippen LogP contribution in [0.4, 0.5) is 5.69 Å². The summed E-state index contributed by atoms with van der Waals surface area (Å²) in [5, 5.41) is 0.978. The van der Waals surface area contributed by atoms with Crippen molar-refractivity contribution >= 4 is 28.1 Å². The molecule has 1 aliphatic rings. The van der Waals surface area contributed by atoms with Gasteiger partial charge in [0.25, 0.3) is 5.91 Å². The fourth-order valence-corrected chi connectivity index (χ4v) is 4.25. The third-order valence-electron chi connectivity index (χ3n) is 5.60. The van der Waals surface area contributed by atoms with Crippen molar-refractivity contribution < 1.29 is 9.53 Å². The zero-order chi connectivity index (χ0) is 20.7. The van der Waals surface area contributed by atoms with E-state index in [0.717, 1.165) is 33.3 Å². The van der Waals surface area contributed by atoms with Crippen molar-refractivity contribution in [2.24, 2.45) is 0 Å². The van der Waals surface area contributed by atoms with Gasteiger partial charge in [-0.05, 0) is 34.9 Å². The largest absolute Gasteiger partial charge is 0.496 e. The van der Waals surface area contributed by atoms with E-state index >= 15 is 0 Å². The van der Waals surface area contributed by atoms with E-state index in [2.05, 4.69) is 11.6 Å². The highest BCUT2D eigenvalue weighted by molar-refractivity contribution is 6.17. The molecular formula is C26H20N2O2. The predicted molar refractivity (Wildman–Crippen MR) is 120 cm³/mol. The molecule has 4 nitrogen and oxygen atoms in total. The number of fused-ring (bicyclic) bond motifs is 2. The summed E-state index contributed by atoms with van der Waals surface area (Å²) in [4.78, 5) is 20.3. The number of methoxy groups -OCH3 is 1. The van der Waals surface area contributed by atoms with Crippen molar-refractivity contribution in [3.05, 3.63) is 108 Å². The van der Waals surface area contributed by atoms with Gasteiger partial charge >= 0.3 is 0 Å². The smallest absolute Gasteiger partial charge is 0.263 e. The Morgan fingerprint density at radius 2 is 1.70 bits per heavy atom. The number of benzene rings is 3. The van der Waals surface area contributed by atoms with E-state index in [9.17, 15) is 4.79 Å². The Kier molecular flexibility index (Phi) is 4.32. The summed E-state index contributed by atoms with van der Waals surface area (Å²) >= 11 is 0. The van der Waals surface area contributed by atoms with Crippen LogP contribution in [0.15, 0.2) is 91.6 Å². The molecule has 2 heterocycles.